The van der Waals surface area contributed by atoms with E-state index in [0.717, 1.165) is 116 Å². The molecular formula is C52H95NO10. The van der Waals surface area contributed by atoms with Crippen LogP contribution < -0.4 is 0 Å². The van der Waals surface area contributed by atoms with Crippen LogP contribution in [0, 0.1) is 11.8 Å². The summed E-state index contributed by atoms with van der Waals surface area (Å²) in [4.78, 5) is 66.5. The summed E-state index contributed by atoms with van der Waals surface area (Å²) in [7, 11) is 0. The molecule has 0 spiro atoms. The summed E-state index contributed by atoms with van der Waals surface area (Å²) in [5.74, 6) is -1.72. The Kier molecular flexibility index (Phi) is 38.9. The van der Waals surface area contributed by atoms with Gasteiger partial charge >= 0.3 is 29.8 Å². The average molecular weight is 894 g/mol. The van der Waals surface area contributed by atoms with Crippen LogP contribution in [0.25, 0.3) is 0 Å². The number of unbranched alkanes of at least 4 members (excludes halogenated alkanes) is 18. The molecule has 368 valence electrons. The molecule has 0 aromatic heterocycles. The summed E-state index contributed by atoms with van der Waals surface area (Å²) in [6.07, 6.45) is 30.6. The predicted molar refractivity (Wildman–Crippen MR) is 252 cm³/mol. The molecule has 0 aromatic rings. The zero-order valence-corrected chi connectivity index (χ0v) is 41.0. The largest absolute Gasteiger partial charge is 0.465 e. The van der Waals surface area contributed by atoms with Crippen molar-refractivity contribution in [1.29, 1.82) is 0 Å². The molecule has 0 N–H and O–H groups in total. The lowest BCUT2D eigenvalue weighted by molar-refractivity contribution is -0.167. The smallest absolute Gasteiger partial charge is 0.308 e. The standard InChI is InChI=1S/C52H95NO10/c1-5-9-13-17-19-23-33-45(31-21-15-11-7-3)51(57)59-41-29-25-35-48(54)61-43-47(44-62-49(55)37-40-53-38-27-28-39-53)63-50(56)36-26-30-42-60-52(58)46(32-22-16-12-8-4)34-24-20-18-14-10-6-2/h45-47H,5-44H2,1-4H3/t45?,46?,47-/m1/s1. The number of ether oxygens (including phenoxy) is 5. The molecule has 0 aliphatic carbocycles. The molecule has 1 heterocycles. The molecule has 2 unspecified atom stereocenters. The lowest BCUT2D eigenvalue weighted by atomic mass is 9.94. The van der Waals surface area contributed by atoms with E-state index in [9.17, 15) is 24.0 Å². The van der Waals surface area contributed by atoms with Crippen molar-refractivity contribution in [2.75, 3.05) is 46.1 Å². The van der Waals surface area contributed by atoms with Gasteiger partial charge in [0, 0.05) is 19.4 Å². The number of likely N-dealkylation sites (tertiary alicyclic amines) is 1. The van der Waals surface area contributed by atoms with Crippen molar-refractivity contribution in [3.05, 3.63) is 0 Å². The van der Waals surface area contributed by atoms with Gasteiger partial charge < -0.3 is 28.6 Å². The van der Waals surface area contributed by atoms with E-state index < -0.39 is 18.0 Å². The second-order valence-corrected chi connectivity index (χ2v) is 18.2. The summed E-state index contributed by atoms with van der Waals surface area (Å²) in [6, 6.07) is 0. The molecule has 0 bridgehead atoms. The fraction of sp³-hybridized carbons (Fsp3) is 0.904. The van der Waals surface area contributed by atoms with Crippen LogP contribution in [0.5, 0.6) is 0 Å². The molecule has 63 heavy (non-hydrogen) atoms. The molecule has 0 aromatic carbocycles. The maximum atomic E-state index is 13.0. The number of nitrogens with zero attached hydrogens (tertiary/aromatic N) is 1. The highest BCUT2D eigenvalue weighted by atomic mass is 16.6. The van der Waals surface area contributed by atoms with Crippen LogP contribution in [-0.2, 0) is 47.7 Å². The molecular weight excluding hydrogens is 799 g/mol. The van der Waals surface area contributed by atoms with E-state index in [2.05, 4.69) is 32.6 Å². The Hall–Kier alpha value is -2.69. The first-order chi connectivity index (χ1) is 30.7. The summed E-state index contributed by atoms with van der Waals surface area (Å²) in [5, 5.41) is 0. The number of esters is 5. The Morgan fingerprint density at radius 3 is 1.21 bits per heavy atom. The van der Waals surface area contributed by atoms with Gasteiger partial charge in [-0.3, -0.25) is 24.0 Å². The second kappa shape index (κ2) is 42.0. The third-order valence-electron chi connectivity index (χ3n) is 12.3. The maximum Gasteiger partial charge on any atom is 0.308 e. The number of rotatable bonds is 44. The molecule has 11 heteroatoms. The van der Waals surface area contributed by atoms with E-state index >= 15 is 0 Å². The molecule has 3 atom stereocenters. The molecule has 1 saturated heterocycles. The van der Waals surface area contributed by atoms with Crippen molar-refractivity contribution in [3.8, 4) is 0 Å². The summed E-state index contributed by atoms with van der Waals surface area (Å²) < 4.78 is 28.0. The molecule has 1 aliphatic rings. The van der Waals surface area contributed by atoms with Crippen molar-refractivity contribution in [2.45, 2.75) is 246 Å². The van der Waals surface area contributed by atoms with Gasteiger partial charge in [-0.15, -0.1) is 0 Å². The van der Waals surface area contributed by atoms with Gasteiger partial charge in [0.05, 0.1) is 31.5 Å². The highest BCUT2D eigenvalue weighted by Crippen LogP contribution is 2.22. The van der Waals surface area contributed by atoms with Crippen LogP contribution in [0.3, 0.4) is 0 Å². The first-order valence-corrected chi connectivity index (χ1v) is 26.3. The zero-order chi connectivity index (χ0) is 46.0. The second-order valence-electron chi connectivity index (χ2n) is 18.2. The quantitative estimate of drug-likeness (QED) is 0.0328. The third-order valence-corrected chi connectivity index (χ3v) is 12.3. The highest BCUT2D eigenvalue weighted by Gasteiger charge is 2.23. The highest BCUT2D eigenvalue weighted by molar-refractivity contribution is 5.73. The van der Waals surface area contributed by atoms with Gasteiger partial charge in [-0.1, -0.05) is 156 Å². The average Bonchev–Trinajstić information content (AvgIpc) is 3.81. The Morgan fingerprint density at radius 1 is 0.413 bits per heavy atom. The number of carbonyl (C=O) groups is 5. The summed E-state index contributed by atoms with van der Waals surface area (Å²) in [6.45, 7) is 11.5. The minimum Gasteiger partial charge on any atom is -0.465 e. The minimum absolute atomic E-state index is 0.0632. The molecule has 0 amide bonds. The fourth-order valence-corrected chi connectivity index (χ4v) is 8.19. The van der Waals surface area contributed by atoms with E-state index in [1.165, 1.54) is 64.2 Å². The topological polar surface area (TPSA) is 135 Å². The van der Waals surface area contributed by atoms with Crippen molar-refractivity contribution in [1.82, 2.24) is 4.90 Å². The molecule has 1 fully saturated rings. The van der Waals surface area contributed by atoms with Crippen LogP contribution in [0.2, 0.25) is 0 Å². The van der Waals surface area contributed by atoms with Gasteiger partial charge in [0.2, 0.25) is 0 Å². The number of hydrogen-bond acceptors (Lipinski definition) is 11. The SMILES string of the molecule is CCCCCCCCC(CCCCCC)C(=O)OCCCCC(=O)OC[C@H](COC(=O)CCN1CCCC1)OC(=O)CCCCOC(=O)C(CCCCCC)CCCCCCCC. The first-order valence-electron chi connectivity index (χ1n) is 26.3. The van der Waals surface area contributed by atoms with Crippen molar-refractivity contribution in [3.63, 3.8) is 0 Å². The van der Waals surface area contributed by atoms with Crippen LogP contribution in [0.15, 0.2) is 0 Å². The van der Waals surface area contributed by atoms with Gasteiger partial charge in [0.25, 0.3) is 0 Å². The lowest BCUT2D eigenvalue weighted by Crippen LogP contribution is -2.31. The minimum atomic E-state index is -0.938. The van der Waals surface area contributed by atoms with E-state index in [-0.39, 0.29) is 75.4 Å². The van der Waals surface area contributed by atoms with E-state index in [0.29, 0.717) is 32.2 Å². The van der Waals surface area contributed by atoms with Gasteiger partial charge in [0.15, 0.2) is 6.10 Å². The van der Waals surface area contributed by atoms with Crippen LogP contribution in [0.4, 0.5) is 0 Å². The first kappa shape index (κ1) is 58.3. The van der Waals surface area contributed by atoms with E-state index in [1.807, 2.05) is 0 Å². The zero-order valence-electron chi connectivity index (χ0n) is 41.0. The molecule has 0 radical (unpaired) electrons. The van der Waals surface area contributed by atoms with Crippen molar-refractivity contribution in [2.24, 2.45) is 11.8 Å². The molecule has 0 saturated carbocycles. The van der Waals surface area contributed by atoms with Crippen molar-refractivity contribution < 1.29 is 47.7 Å². The Bertz CT molecular complexity index is 1140. The van der Waals surface area contributed by atoms with Gasteiger partial charge in [0.1, 0.15) is 13.2 Å². The van der Waals surface area contributed by atoms with E-state index in [4.69, 9.17) is 23.7 Å². The Morgan fingerprint density at radius 2 is 0.778 bits per heavy atom. The Labute approximate surface area is 384 Å². The normalized spacial score (nSPS) is 14.2. The van der Waals surface area contributed by atoms with Crippen LogP contribution >= 0.6 is 0 Å². The predicted octanol–water partition coefficient (Wildman–Crippen LogP) is 12.6. The van der Waals surface area contributed by atoms with Crippen LogP contribution in [0.1, 0.15) is 240 Å². The number of carbonyl (C=O) groups excluding carboxylic acids is 5. The van der Waals surface area contributed by atoms with E-state index in [1.54, 1.807) is 0 Å². The van der Waals surface area contributed by atoms with Crippen LogP contribution in [-0.4, -0.2) is 86.9 Å². The Balaban J connectivity index is 2.55. The molecule has 1 rings (SSSR count). The monoisotopic (exact) mass is 894 g/mol. The fourth-order valence-electron chi connectivity index (χ4n) is 8.19. The maximum absolute atomic E-state index is 13.0. The molecule has 1 aliphatic heterocycles. The summed E-state index contributed by atoms with van der Waals surface area (Å²) in [5.41, 5.74) is 0. The lowest BCUT2D eigenvalue weighted by Gasteiger charge is -2.19. The van der Waals surface area contributed by atoms with Gasteiger partial charge in [-0.05, 0) is 77.3 Å². The summed E-state index contributed by atoms with van der Waals surface area (Å²) >= 11 is 0. The van der Waals surface area contributed by atoms with Crippen molar-refractivity contribution >= 4 is 29.8 Å². The van der Waals surface area contributed by atoms with Gasteiger partial charge in [-0.25, -0.2) is 0 Å². The third kappa shape index (κ3) is 34.3. The van der Waals surface area contributed by atoms with Gasteiger partial charge in [-0.2, -0.15) is 0 Å². The number of hydrogen-bond donors (Lipinski definition) is 0. The molecule has 11 nitrogen and oxygen atoms in total.